The van der Waals surface area contributed by atoms with Crippen LogP contribution in [-0.2, 0) is 0 Å². The van der Waals surface area contributed by atoms with Gasteiger partial charge in [-0.15, -0.1) is 0 Å². The zero-order chi connectivity index (χ0) is 10.2. The van der Waals surface area contributed by atoms with Crippen molar-refractivity contribution in [2.24, 2.45) is 0 Å². The second kappa shape index (κ2) is 6.35. The van der Waals surface area contributed by atoms with Crippen LogP contribution in [0.3, 0.4) is 0 Å². The van der Waals surface area contributed by atoms with Gasteiger partial charge in [0, 0.05) is 13.2 Å². The predicted molar refractivity (Wildman–Crippen MR) is 57.9 cm³/mol. The highest BCUT2D eigenvalue weighted by molar-refractivity contribution is 5.35. The summed E-state index contributed by atoms with van der Waals surface area (Å²) in [7, 11) is 0. The summed E-state index contributed by atoms with van der Waals surface area (Å²) in [6, 6.07) is 0. The van der Waals surface area contributed by atoms with Gasteiger partial charge in [-0.1, -0.05) is 36.5 Å². The van der Waals surface area contributed by atoms with Crippen molar-refractivity contribution in [1.29, 1.82) is 0 Å². The summed E-state index contributed by atoms with van der Waals surface area (Å²) < 4.78 is 0. The molecule has 2 N–H and O–H groups in total. The Morgan fingerprint density at radius 2 is 1.21 bits per heavy atom. The molecule has 0 bridgehead atoms. The van der Waals surface area contributed by atoms with Crippen LogP contribution in [0.15, 0.2) is 47.6 Å². The Hall–Kier alpha value is -1.12. The zero-order valence-electron chi connectivity index (χ0n) is 8.19. The van der Waals surface area contributed by atoms with E-state index in [4.69, 9.17) is 10.2 Å². The van der Waals surface area contributed by atoms with Crippen LogP contribution in [0, 0.1) is 0 Å². The van der Waals surface area contributed by atoms with Gasteiger partial charge in [-0.3, -0.25) is 0 Å². The van der Waals surface area contributed by atoms with Crippen molar-refractivity contribution in [3.63, 3.8) is 0 Å². The largest absolute Gasteiger partial charge is 0.396 e. The first-order valence-corrected chi connectivity index (χ1v) is 4.83. The van der Waals surface area contributed by atoms with E-state index in [2.05, 4.69) is 0 Å². The lowest BCUT2D eigenvalue weighted by Gasteiger charge is -2.02. The second-order valence-corrected chi connectivity index (χ2v) is 3.15. The van der Waals surface area contributed by atoms with Gasteiger partial charge in [0.25, 0.3) is 0 Å². The summed E-state index contributed by atoms with van der Waals surface area (Å²) >= 11 is 0. The van der Waals surface area contributed by atoms with Crippen molar-refractivity contribution in [2.75, 3.05) is 13.2 Å². The van der Waals surface area contributed by atoms with Gasteiger partial charge < -0.3 is 10.2 Å². The topological polar surface area (TPSA) is 40.5 Å². The average Bonchev–Trinajstić information content (AvgIpc) is 2.15. The van der Waals surface area contributed by atoms with Gasteiger partial charge in [-0.2, -0.15) is 0 Å². The Morgan fingerprint density at radius 3 is 1.57 bits per heavy atom. The molecule has 0 fully saturated rings. The maximum atomic E-state index is 8.80. The van der Waals surface area contributed by atoms with Crippen LogP contribution in [0.4, 0.5) is 0 Å². The first-order chi connectivity index (χ1) is 6.86. The van der Waals surface area contributed by atoms with Crippen molar-refractivity contribution >= 4 is 0 Å². The highest BCUT2D eigenvalue weighted by Crippen LogP contribution is 2.11. The van der Waals surface area contributed by atoms with Crippen molar-refractivity contribution in [1.82, 2.24) is 0 Å². The molecule has 0 heterocycles. The number of aliphatic hydroxyl groups excluding tert-OH is 2. The quantitative estimate of drug-likeness (QED) is 0.712. The molecule has 14 heavy (non-hydrogen) atoms. The van der Waals surface area contributed by atoms with Crippen molar-refractivity contribution in [3.8, 4) is 0 Å². The molecule has 0 saturated heterocycles. The van der Waals surface area contributed by atoms with Gasteiger partial charge in [0.15, 0.2) is 0 Å². The minimum absolute atomic E-state index is 0.170. The van der Waals surface area contributed by atoms with E-state index in [-0.39, 0.29) is 13.2 Å². The smallest absolute Gasteiger partial charge is 0.0471 e. The van der Waals surface area contributed by atoms with Gasteiger partial charge in [0.2, 0.25) is 0 Å². The lowest BCUT2D eigenvalue weighted by Crippen LogP contribution is -1.89. The Bertz CT molecular complexity index is 253. The van der Waals surface area contributed by atoms with Gasteiger partial charge >= 0.3 is 0 Å². The van der Waals surface area contributed by atoms with Crippen LogP contribution in [0.1, 0.15) is 12.8 Å². The molecule has 0 amide bonds. The van der Waals surface area contributed by atoms with Crippen LogP contribution < -0.4 is 0 Å². The van der Waals surface area contributed by atoms with E-state index in [0.717, 1.165) is 11.1 Å². The molecule has 0 unspecified atom stereocenters. The molecule has 2 nitrogen and oxygen atoms in total. The monoisotopic (exact) mass is 192 g/mol. The molecule has 2 heteroatoms. The van der Waals surface area contributed by atoms with Crippen LogP contribution >= 0.6 is 0 Å². The Balaban J connectivity index is 2.71. The fourth-order valence-electron chi connectivity index (χ4n) is 1.28. The molecule has 1 aliphatic rings. The maximum absolute atomic E-state index is 8.80. The Morgan fingerprint density at radius 1 is 0.786 bits per heavy atom. The molecule has 0 aromatic heterocycles. The Kier molecular flexibility index (Phi) is 4.97. The Labute approximate surface area is 84.6 Å². The van der Waals surface area contributed by atoms with E-state index < -0.39 is 0 Å². The molecule has 0 radical (unpaired) electrons. The van der Waals surface area contributed by atoms with E-state index >= 15 is 0 Å². The third-order valence-electron chi connectivity index (χ3n) is 2.04. The summed E-state index contributed by atoms with van der Waals surface area (Å²) in [6.45, 7) is 0.339. The maximum Gasteiger partial charge on any atom is 0.0471 e. The molecule has 76 valence electrons. The van der Waals surface area contributed by atoms with E-state index in [1.54, 1.807) is 0 Å². The molecule has 0 aromatic carbocycles. The normalized spacial score (nSPS) is 15.9. The second-order valence-electron chi connectivity index (χ2n) is 3.15. The van der Waals surface area contributed by atoms with E-state index in [1.807, 2.05) is 36.5 Å². The molecule has 0 aliphatic heterocycles. The van der Waals surface area contributed by atoms with Gasteiger partial charge in [0.1, 0.15) is 0 Å². The van der Waals surface area contributed by atoms with Crippen molar-refractivity contribution in [2.45, 2.75) is 12.8 Å². The third kappa shape index (κ3) is 3.73. The first-order valence-electron chi connectivity index (χ1n) is 4.83. The zero-order valence-corrected chi connectivity index (χ0v) is 8.19. The summed E-state index contributed by atoms with van der Waals surface area (Å²) in [4.78, 5) is 0. The first kappa shape index (κ1) is 11.0. The van der Waals surface area contributed by atoms with Crippen molar-refractivity contribution < 1.29 is 10.2 Å². The van der Waals surface area contributed by atoms with Gasteiger partial charge in [0.05, 0.1) is 0 Å². The number of hydrogen-bond acceptors (Lipinski definition) is 2. The van der Waals surface area contributed by atoms with Crippen LogP contribution in [-0.4, -0.2) is 23.4 Å². The number of aliphatic hydroxyl groups is 2. The molecular formula is C12H16O2. The average molecular weight is 192 g/mol. The number of rotatable bonds is 4. The molecular weight excluding hydrogens is 176 g/mol. The summed E-state index contributed by atoms with van der Waals surface area (Å²) in [5.74, 6) is 0. The third-order valence-corrected chi connectivity index (χ3v) is 2.04. The summed E-state index contributed by atoms with van der Waals surface area (Å²) in [5.41, 5.74) is 2.21. The fraction of sp³-hybridized carbons (Fsp3) is 0.333. The molecule has 0 saturated carbocycles. The highest BCUT2D eigenvalue weighted by Gasteiger charge is 1.94. The lowest BCUT2D eigenvalue weighted by molar-refractivity contribution is 0.299. The minimum Gasteiger partial charge on any atom is -0.396 e. The molecule has 0 spiro atoms. The van der Waals surface area contributed by atoms with Crippen LogP contribution in [0.25, 0.3) is 0 Å². The fourth-order valence-corrected chi connectivity index (χ4v) is 1.28. The van der Waals surface area contributed by atoms with Crippen LogP contribution in [0.2, 0.25) is 0 Å². The predicted octanol–water partition coefficient (Wildman–Crippen LogP) is 1.73. The molecule has 0 atom stereocenters. The summed E-state index contributed by atoms with van der Waals surface area (Å²) in [5, 5.41) is 17.6. The van der Waals surface area contributed by atoms with E-state index in [1.165, 1.54) is 0 Å². The summed E-state index contributed by atoms with van der Waals surface area (Å²) in [6.07, 6.45) is 13.2. The highest BCUT2D eigenvalue weighted by atomic mass is 16.3. The molecule has 1 rings (SSSR count). The van der Waals surface area contributed by atoms with Gasteiger partial charge in [-0.05, 0) is 24.0 Å². The van der Waals surface area contributed by atoms with E-state index in [9.17, 15) is 0 Å². The number of allylic oxidation sites excluding steroid dienone is 6. The van der Waals surface area contributed by atoms with Crippen LogP contribution in [0.5, 0.6) is 0 Å². The number of hydrogen-bond donors (Lipinski definition) is 2. The van der Waals surface area contributed by atoms with Gasteiger partial charge in [-0.25, -0.2) is 0 Å². The minimum atomic E-state index is 0.170. The van der Waals surface area contributed by atoms with E-state index in [0.29, 0.717) is 12.8 Å². The molecule has 0 aromatic rings. The SMILES string of the molecule is OCCC1=CC=C(CCO)C=CC=C1. The van der Waals surface area contributed by atoms with Crippen molar-refractivity contribution in [3.05, 3.63) is 47.6 Å². The standard InChI is InChI=1S/C12H16O2/c13-9-7-11-3-1-2-4-12(6-5-11)8-10-14/h1-6,13-14H,7-10H2. The molecule has 1 aliphatic carbocycles. The lowest BCUT2D eigenvalue weighted by atomic mass is 10.1.